The summed E-state index contributed by atoms with van der Waals surface area (Å²) in [5.41, 5.74) is 0.856. The zero-order valence-corrected chi connectivity index (χ0v) is 13.3. The average Bonchev–Trinajstić information content (AvgIpc) is 2.75. The van der Waals surface area contributed by atoms with Crippen molar-refractivity contribution in [3.05, 3.63) is 76.0 Å². The fourth-order valence-corrected chi connectivity index (χ4v) is 2.69. The van der Waals surface area contributed by atoms with Crippen LogP contribution >= 0.6 is 23.2 Å². The SMILES string of the molecule is O=C1C=C(Oc2cc(Cl)cc(Cl)c2)C(=O)N1Cc1ccccc1. The second-order valence-corrected chi connectivity index (χ2v) is 5.80. The maximum atomic E-state index is 12.3. The molecule has 0 atom stereocenters. The molecule has 4 nitrogen and oxygen atoms in total. The van der Waals surface area contributed by atoms with Gasteiger partial charge in [-0.3, -0.25) is 14.5 Å². The predicted molar refractivity (Wildman–Crippen MR) is 87.2 cm³/mol. The van der Waals surface area contributed by atoms with Gasteiger partial charge in [0, 0.05) is 10.0 Å². The van der Waals surface area contributed by atoms with E-state index in [1.165, 1.54) is 18.2 Å². The van der Waals surface area contributed by atoms with Crippen LogP contribution in [-0.2, 0) is 16.1 Å². The molecule has 0 N–H and O–H groups in total. The van der Waals surface area contributed by atoms with E-state index in [4.69, 9.17) is 27.9 Å². The number of ether oxygens (including phenoxy) is 1. The van der Waals surface area contributed by atoms with E-state index < -0.39 is 11.8 Å². The van der Waals surface area contributed by atoms with Gasteiger partial charge in [-0.2, -0.15) is 0 Å². The van der Waals surface area contributed by atoms with Crippen molar-refractivity contribution in [2.45, 2.75) is 6.54 Å². The molecule has 6 heteroatoms. The molecule has 2 aromatic carbocycles. The van der Waals surface area contributed by atoms with Crippen LogP contribution in [0.5, 0.6) is 5.75 Å². The number of benzene rings is 2. The van der Waals surface area contributed by atoms with Crippen LogP contribution in [0.25, 0.3) is 0 Å². The first-order valence-electron chi connectivity index (χ1n) is 6.78. The van der Waals surface area contributed by atoms with E-state index in [9.17, 15) is 9.59 Å². The van der Waals surface area contributed by atoms with Crippen molar-refractivity contribution in [2.24, 2.45) is 0 Å². The number of hydrogen-bond acceptors (Lipinski definition) is 3. The molecule has 0 spiro atoms. The van der Waals surface area contributed by atoms with Crippen molar-refractivity contribution in [1.82, 2.24) is 4.90 Å². The smallest absolute Gasteiger partial charge is 0.296 e. The normalized spacial score (nSPS) is 14.2. The summed E-state index contributed by atoms with van der Waals surface area (Å²) in [4.78, 5) is 25.5. The number of imide groups is 1. The lowest BCUT2D eigenvalue weighted by Crippen LogP contribution is -2.31. The Bertz CT molecular complexity index is 782. The van der Waals surface area contributed by atoms with Gasteiger partial charge in [-0.1, -0.05) is 53.5 Å². The zero-order valence-electron chi connectivity index (χ0n) is 11.8. The minimum Gasteiger partial charge on any atom is -0.451 e. The largest absolute Gasteiger partial charge is 0.451 e. The number of carbonyl (C=O) groups is 2. The molecule has 0 bridgehead atoms. The van der Waals surface area contributed by atoms with Gasteiger partial charge in [0.1, 0.15) is 5.75 Å². The van der Waals surface area contributed by atoms with E-state index in [2.05, 4.69) is 0 Å². The second-order valence-electron chi connectivity index (χ2n) is 4.93. The molecule has 0 fully saturated rings. The third kappa shape index (κ3) is 3.55. The fraction of sp³-hybridized carbons (Fsp3) is 0.0588. The molecule has 2 amide bonds. The molecule has 0 unspecified atom stereocenters. The molecule has 0 saturated carbocycles. The Kier molecular flexibility index (Phi) is 4.37. The number of amides is 2. The lowest BCUT2D eigenvalue weighted by molar-refractivity contribution is -0.138. The molecule has 3 rings (SSSR count). The summed E-state index contributed by atoms with van der Waals surface area (Å²) in [5.74, 6) is -0.655. The first-order valence-corrected chi connectivity index (χ1v) is 7.54. The van der Waals surface area contributed by atoms with E-state index in [-0.39, 0.29) is 12.3 Å². The van der Waals surface area contributed by atoms with Crippen LogP contribution in [0.2, 0.25) is 10.0 Å². The molecule has 116 valence electrons. The van der Waals surface area contributed by atoms with E-state index >= 15 is 0 Å². The van der Waals surface area contributed by atoms with Gasteiger partial charge >= 0.3 is 0 Å². The Labute approximate surface area is 142 Å². The molecule has 23 heavy (non-hydrogen) atoms. The van der Waals surface area contributed by atoms with Crippen LogP contribution in [0.15, 0.2) is 60.4 Å². The number of hydrogen-bond donors (Lipinski definition) is 0. The van der Waals surface area contributed by atoms with Crippen molar-refractivity contribution in [2.75, 3.05) is 0 Å². The first-order chi connectivity index (χ1) is 11.0. The third-order valence-electron chi connectivity index (χ3n) is 3.22. The quantitative estimate of drug-likeness (QED) is 0.789. The van der Waals surface area contributed by atoms with Gasteiger partial charge < -0.3 is 4.74 Å². The molecule has 0 radical (unpaired) electrons. The lowest BCUT2D eigenvalue weighted by Gasteiger charge is -2.14. The maximum absolute atomic E-state index is 12.3. The van der Waals surface area contributed by atoms with Gasteiger partial charge in [0.05, 0.1) is 12.6 Å². The van der Waals surface area contributed by atoms with Crippen molar-refractivity contribution < 1.29 is 14.3 Å². The summed E-state index contributed by atoms with van der Waals surface area (Å²) in [5, 5.41) is 0.761. The highest BCUT2D eigenvalue weighted by molar-refractivity contribution is 6.34. The van der Waals surface area contributed by atoms with Crippen molar-refractivity contribution >= 4 is 35.0 Å². The van der Waals surface area contributed by atoms with E-state index in [1.807, 2.05) is 30.3 Å². The molecule has 1 aliphatic rings. The zero-order chi connectivity index (χ0) is 16.4. The van der Waals surface area contributed by atoms with Crippen LogP contribution in [0, 0.1) is 0 Å². The molecular formula is C17H11Cl2NO3. The highest BCUT2D eigenvalue weighted by atomic mass is 35.5. The molecular weight excluding hydrogens is 337 g/mol. The predicted octanol–water partition coefficient (Wildman–Crippen LogP) is 3.83. The summed E-state index contributed by atoms with van der Waals surface area (Å²) < 4.78 is 5.47. The van der Waals surface area contributed by atoms with Gasteiger partial charge in [0.15, 0.2) is 5.76 Å². The summed E-state index contributed by atoms with van der Waals surface area (Å²) in [6, 6.07) is 13.8. The van der Waals surface area contributed by atoms with Crippen LogP contribution in [0.3, 0.4) is 0 Å². The summed E-state index contributed by atoms with van der Waals surface area (Å²) >= 11 is 11.8. The first kappa shape index (κ1) is 15.6. The third-order valence-corrected chi connectivity index (χ3v) is 3.66. The van der Waals surface area contributed by atoms with Crippen LogP contribution < -0.4 is 4.74 Å². The van der Waals surface area contributed by atoms with Gasteiger partial charge in [-0.05, 0) is 23.8 Å². The number of nitrogens with zero attached hydrogens (tertiary/aromatic N) is 1. The molecule has 0 aromatic heterocycles. The Balaban J connectivity index is 1.76. The van der Waals surface area contributed by atoms with Gasteiger partial charge in [-0.15, -0.1) is 0 Å². The minimum absolute atomic E-state index is 0.0516. The number of halogens is 2. The number of carbonyl (C=O) groups excluding carboxylic acids is 2. The Hall–Kier alpha value is -2.30. The fourth-order valence-electron chi connectivity index (χ4n) is 2.19. The van der Waals surface area contributed by atoms with Crippen molar-refractivity contribution in [1.29, 1.82) is 0 Å². The van der Waals surface area contributed by atoms with Crippen molar-refractivity contribution in [3.63, 3.8) is 0 Å². The maximum Gasteiger partial charge on any atom is 0.296 e. The van der Waals surface area contributed by atoms with Crippen LogP contribution in [-0.4, -0.2) is 16.7 Å². The topological polar surface area (TPSA) is 46.6 Å². The van der Waals surface area contributed by atoms with Crippen LogP contribution in [0.1, 0.15) is 5.56 Å². The van der Waals surface area contributed by atoms with Crippen molar-refractivity contribution in [3.8, 4) is 5.75 Å². The Morgan fingerprint density at radius 2 is 1.61 bits per heavy atom. The highest BCUT2D eigenvalue weighted by Gasteiger charge is 2.33. The monoisotopic (exact) mass is 347 g/mol. The highest BCUT2D eigenvalue weighted by Crippen LogP contribution is 2.27. The lowest BCUT2D eigenvalue weighted by atomic mass is 10.2. The summed E-state index contributed by atoms with van der Waals surface area (Å²) in [6.45, 7) is 0.193. The Morgan fingerprint density at radius 1 is 0.957 bits per heavy atom. The van der Waals surface area contributed by atoms with Crippen LogP contribution in [0.4, 0.5) is 0 Å². The standard InChI is InChI=1S/C17H11Cl2NO3/c18-12-6-13(19)8-14(7-12)23-15-9-16(21)20(17(15)22)10-11-4-2-1-3-5-11/h1-9H,10H2. The minimum atomic E-state index is -0.491. The van der Waals surface area contributed by atoms with E-state index in [0.29, 0.717) is 15.8 Å². The van der Waals surface area contributed by atoms with Gasteiger partial charge in [0.25, 0.3) is 11.8 Å². The Morgan fingerprint density at radius 3 is 2.26 bits per heavy atom. The van der Waals surface area contributed by atoms with Gasteiger partial charge in [-0.25, -0.2) is 0 Å². The summed E-state index contributed by atoms with van der Waals surface area (Å²) in [7, 11) is 0. The average molecular weight is 348 g/mol. The summed E-state index contributed by atoms with van der Waals surface area (Å²) in [6.07, 6.45) is 1.17. The molecule has 0 saturated heterocycles. The molecule has 1 heterocycles. The number of rotatable bonds is 4. The van der Waals surface area contributed by atoms with E-state index in [0.717, 1.165) is 10.5 Å². The second kappa shape index (κ2) is 6.44. The van der Waals surface area contributed by atoms with Gasteiger partial charge in [0.2, 0.25) is 0 Å². The molecule has 1 aliphatic heterocycles. The van der Waals surface area contributed by atoms with E-state index in [1.54, 1.807) is 6.07 Å². The molecule has 0 aliphatic carbocycles. The molecule has 2 aromatic rings.